The van der Waals surface area contributed by atoms with Crippen molar-refractivity contribution in [1.29, 1.82) is 0 Å². The van der Waals surface area contributed by atoms with Crippen LogP contribution in [0.1, 0.15) is 5.56 Å². The molecule has 119 valence electrons. The number of aromatic nitrogens is 1. The Labute approximate surface area is 148 Å². The maximum atomic E-state index is 4.81. The minimum absolute atomic E-state index is 0.967. The summed E-state index contributed by atoms with van der Waals surface area (Å²) in [5, 5.41) is 0. The maximum absolute atomic E-state index is 4.81. The molecule has 1 aromatic heterocycles. The highest BCUT2D eigenvalue weighted by Gasteiger charge is 2.12. The molecule has 0 atom stereocenters. The topological polar surface area (TPSA) is 12.9 Å². The number of benzene rings is 3. The summed E-state index contributed by atoms with van der Waals surface area (Å²) in [5.41, 5.74) is 7.62. The van der Waals surface area contributed by atoms with E-state index in [2.05, 4.69) is 73.7 Å². The molecule has 4 rings (SSSR count). The summed E-state index contributed by atoms with van der Waals surface area (Å²) in [7, 11) is 0. The molecule has 4 aromatic rings. The van der Waals surface area contributed by atoms with E-state index in [0.717, 1.165) is 33.5 Å². The van der Waals surface area contributed by atoms with Crippen molar-refractivity contribution in [3.05, 3.63) is 103 Å². The number of hydrogen-bond acceptors (Lipinski definition) is 1. The van der Waals surface area contributed by atoms with Gasteiger partial charge in [-0.2, -0.15) is 0 Å². The first-order valence-electron chi connectivity index (χ1n) is 8.41. The molecule has 0 amide bonds. The van der Waals surface area contributed by atoms with Crippen LogP contribution in [0.25, 0.3) is 33.5 Å². The van der Waals surface area contributed by atoms with Gasteiger partial charge < -0.3 is 0 Å². The molecule has 0 unspecified atom stereocenters. The van der Waals surface area contributed by atoms with E-state index in [-0.39, 0.29) is 0 Å². The van der Waals surface area contributed by atoms with Crippen LogP contribution in [0.3, 0.4) is 0 Å². The van der Waals surface area contributed by atoms with E-state index in [4.69, 9.17) is 4.98 Å². The first kappa shape index (κ1) is 15.3. The van der Waals surface area contributed by atoms with Gasteiger partial charge in [-0.05, 0) is 24.1 Å². The lowest BCUT2D eigenvalue weighted by Gasteiger charge is -2.12. The third-order valence-corrected chi connectivity index (χ3v) is 4.26. The Hall–Kier alpha value is -3.19. The first-order chi connectivity index (χ1) is 12.3. The van der Waals surface area contributed by atoms with E-state index in [1.165, 1.54) is 5.56 Å². The van der Waals surface area contributed by atoms with Crippen LogP contribution >= 0.6 is 0 Å². The normalized spacial score (nSPS) is 10.6. The Morgan fingerprint density at radius 3 is 2.00 bits per heavy atom. The fraction of sp³-hybridized carbons (Fsp3) is 0.0417. The summed E-state index contributed by atoms with van der Waals surface area (Å²) in [6, 6.07) is 32.7. The number of rotatable bonds is 3. The van der Waals surface area contributed by atoms with Gasteiger partial charge in [0.2, 0.25) is 0 Å². The Kier molecular flexibility index (Phi) is 4.14. The second-order valence-electron chi connectivity index (χ2n) is 6.12. The van der Waals surface area contributed by atoms with Crippen molar-refractivity contribution in [2.75, 3.05) is 0 Å². The van der Waals surface area contributed by atoms with Crippen LogP contribution in [0.15, 0.2) is 91.1 Å². The molecule has 0 aliphatic heterocycles. The van der Waals surface area contributed by atoms with E-state index in [1.807, 2.05) is 30.5 Å². The van der Waals surface area contributed by atoms with Crippen LogP contribution < -0.4 is 0 Å². The predicted molar refractivity (Wildman–Crippen MR) is 104 cm³/mol. The Bertz CT molecular complexity index is 989. The average molecular weight is 320 g/mol. The molecular formula is C24H18N. The number of pyridine rings is 1. The molecule has 0 N–H and O–H groups in total. The van der Waals surface area contributed by atoms with Gasteiger partial charge in [-0.25, -0.2) is 0 Å². The van der Waals surface area contributed by atoms with Gasteiger partial charge in [-0.3, -0.25) is 4.98 Å². The van der Waals surface area contributed by atoms with E-state index >= 15 is 0 Å². The van der Waals surface area contributed by atoms with Gasteiger partial charge >= 0.3 is 0 Å². The highest BCUT2D eigenvalue weighted by Crippen LogP contribution is 2.33. The lowest BCUT2D eigenvalue weighted by atomic mass is 9.95. The molecule has 0 saturated heterocycles. The zero-order valence-electron chi connectivity index (χ0n) is 14.1. The van der Waals surface area contributed by atoms with Gasteiger partial charge in [0.05, 0.1) is 5.69 Å². The van der Waals surface area contributed by atoms with Crippen molar-refractivity contribution >= 4 is 0 Å². The predicted octanol–water partition coefficient (Wildman–Crippen LogP) is 6.19. The minimum Gasteiger partial charge on any atom is -0.255 e. The molecule has 1 heteroatoms. The molecule has 0 aliphatic rings. The monoisotopic (exact) mass is 320 g/mol. The largest absolute Gasteiger partial charge is 0.255 e. The van der Waals surface area contributed by atoms with Crippen LogP contribution in [-0.2, 0) is 0 Å². The minimum atomic E-state index is 0.967. The summed E-state index contributed by atoms with van der Waals surface area (Å²) >= 11 is 0. The van der Waals surface area contributed by atoms with Crippen molar-refractivity contribution < 1.29 is 0 Å². The molecule has 3 aromatic carbocycles. The quantitative estimate of drug-likeness (QED) is 0.438. The SMILES string of the molecule is Cc1cccc(-c2ncc(-c3ccccc3)[c]c2-c2ccccc2)c1. The zero-order chi connectivity index (χ0) is 17.1. The number of aryl methyl sites for hydroxylation is 1. The van der Waals surface area contributed by atoms with Crippen LogP contribution in [0.4, 0.5) is 0 Å². The van der Waals surface area contributed by atoms with Gasteiger partial charge in [0.15, 0.2) is 0 Å². The fourth-order valence-electron chi connectivity index (χ4n) is 3.01. The number of hydrogen-bond donors (Lipinski definition) is 0. The Balaban J connectivity index is 1.93. The smallest absolute Gasteiger partial charge is 0.0787 e. The van der Waals surface area contributed by atoms with Crippen LogP contribution in [-0.4, -0.2) is 4.98 Å². The Morgan fingerprint density at radius 2 is 1.32 bits per heavy atom. The van der Waals surface area contributed by atoms with Gasteiger partial charge in [-0.15, -0.1) is 0 Å². The van der Waals surface area contributed by atoms with Crippen molar-refractivity contribution in [2.24, 2.45) is 0 Å². The number of nitrogens with zero attached hydrogens (tertiary/aromatic N) is 1. The highest BCUT2D eigenvalue weighted by atomic mass is 14.7. The molecule has 0 fully saturated rings. The van der Waals surface area contributed by atoms with Crippen molar-refractivity contribution in [3.63, 3.8) is 0 Å². The van der Waals surface area contributed by atoms with Gasteiger partial charge in [-0.1, -0.05) is 84.4 Å². The van der Waals surface area contributed by atoms with Gasteiger partial charge in [0, 0.05) is 29.0 Å². The lowest BCUT2D eigenvalue weighted by molar-refractivity contribution is 1.31. The van der Waals surface area contributed by atoms with E-state index in [1.54, 1.807) is 0 Å². The molecule has 0 spiro atoms. The van der Waals surface area contributed by atoms with Crippen molar-refractivity contribution in [2.45, 2.75) is 6.92 Å². The van der Waals surface area contributed by atoms with Crippen molar-refractivity contribution in [1.82, 2.24) is 4.98 Å². The molecule has 0 aliphatic carbocycles. The third-order valence-electron chi connectivity index (χ3n) is 4.26. The first-order valence-corrected chi connectivity index (χ1v) is 8.41. The zero-order valence-corrected chi connectivity index (χ0v) is 14.1. The summed E-state index contributed by atoms with van der Waals surface area (Å²) in [6.45, 7) is 2.10. The van der Waals surface area contributed by atoms with Gasteiger partial charge in [0.25, 0.3) is 0 Å². The molecular weight excluding hydrogens is 302 g/mol. The second-order valence-corrected chi connectivity index (χ2v) is 6.12. The van der Waals surface area contributed by atoms with Crippen LogP contribution in [0.2, 0.25) is 0 Å². The molecule has 0 bridgehead atoms. The van der Waals surface area contributed by atoms with E-state index in [9.17, 15) is 0 Å². The molecule has 25 heavy (non-hydrogen) atoms. The summed E-state index contributed by atoms with van der Waals surface area (Å²) in [4.78, 5) is 4.81. The summed E-state index contributed by atoms with van der Waals surface area (Å²) in [5.74, 6) is 0. The van der Waals surface area contributed by atoms with E-state index < -0.39 is 0 Å². The molecule has 1 radical (unpaired) electrons. The average Bonchev–Trinajstić information content (AvgIpc) is 2.69. The molecule has 1 nitrogen and oxygen atoms in total. The molecule has 0 saturated carbocycles. The second kappa shape index (κ2) is 6.74. The third kappa shape index (κ3) is 3.22. The summed E-state index contributed by atoms with van der Waals surface area (Å²) in [6.07, 6.45) is 1.92. The van der Waals surface area contributed by atoms with Gasteiger partial charge in [0.1, 0.15) is 0 Å². The van der Waals surface area contributed by atoms with Crippen LogP contribution in [0.5, 0.6) is 0 Å². The van der Waals surface area contributed by atoms with Crippen LogP contribution in [0, 0.1) is 13.0 Å². The summed E-state index contributed by atoms with van der Waals surface area (Å²) < 4.78 is 0. The lowest BCUT2D eigenvalue weighted by Crippen LogP contribution is -1.92. The molecule has 1 heterocycles. The standard InChI is InChI=1S/C24H18N/c1-18-9-8-14-21(15-18)24-23(20-12-6-3-7-13-20)16-22(17-25-24)19-10-4-2-5-11-19/h2-15,17H,1H3. The van der Waals surface area contributed by atoms with E-state index in [0.29, 0.717) is 0 Å². The fourth-order valence-corrected chi connectivity index (χ4v) is 3.01. The van der Waals surface area contributed by atoms with Crippen molar-refractivity contribution in [3.8, 4) is 33.5 Å². The Morgan fingerprint density at radius 1 is 0.680 bits per heavy atom. The highest BCUT2D eigenvalue weighted by molar-refractivity contribution is 5.83. The maximum Gasteiger partial charge on any atom is 0.0787 e.